The molecule has 1 rings (SSSR count). The lowest BCUT2D eigenvalue weighted by Gasteiger charge is -2.12. The average molecular weight is 399 g/mol. The van der Waals surface area contributed by atoms with Crippen LogP contribution in [-0.4, -0.2) is 36.6 Å². The van der Waals surface area contributed by atoms with Crippen molar-refractivity contribution in [3.63, 3.8) is 0 Å². The van der Waals surface area contributed by atoms with Gasteiger partial charge in [0.2, 0.25) is 10.0 Å². The van der Waals surface area contributed by atoms with Crippen molar-refractivity contribution in [3.8, 4) is 0 Å². The van der Waals surface area contributed by atoms with Crippen molar-refractivity contribution in [3.05, 3.63) is 27.8 Å². The Kier molecular flexibility index (Phi) is 5.26. The van der Waals surface area contributed by atoms with Gasteiger partial charge in [-0.15, -0.1) is 0 Å². The molecule has 0 saturated carbocycles. The highest BCUT2D eigenvalue weighted by atomic mass is 127. The maximum Gasteiger partial charge on any atom is 0.322 e. The Morgan fingerprint density at radius 2 is 1.74 bits per heavy atom. The molecule has 1 aromatic carbocycles. The minimum atomic E-state index is -4.06. The van der Waals surface area contributed by atoms with Crippen molar-refractivity contribution >= 4 is 44.6 Å². The first-order chi connectivity index (χ1) is 8.72. The summed E-state index contributed by atoms with van der Waals surface area (Å²) in [6, 6.07) is 4.00. The van der Waals surface area contributed by atoms with Crippen LogP contribution in [0.1, 0.15) is 6.42 Å². The van der Waals surface area contributed by atoms with Gasteiger partial charge in [-0.2, -0.15) is 4.72 Å². The van der Waals surface area contributed by atoms with Crippen molar-refractivity contribution in [1.29, 1.82) is 0 Å². The fourth-order valence-corrected chi connectivity index (χ4v) is 2.77. The SMILES string of the molecule is O=C(O)C[C@H](NS(=O)(=O)c1ccc(I)cc1)C(=O)O. The van der Waals surface area contributed by atoms with Crippen LogP contribution >= 0.6 is 22.6 Å². The van der Waals surface area contributed by atoms with Gasteiger partial charge in [0, 0.05) is 3.57 Å². The number of benzene rings is 1. The summed E-state index contributed by atoms with van der Waals surface area (Å²) < 4.78 is 26.4. The summed E-state index contributed by atoms with van der Waals surface area (Å²) in [5.41, 5.74) is 0. The maximum absolute atomic E-state index is 11.9. The van der Waals surface area contributed by atoms with Gasteiger partial charge in [0.25, 0.3) is 0 Å². The smallest absolute Gasteiger partial charge is 0.322 e. The third kappa shape index (κ3) is 4.76. The molecule has 0 aliphatic carbocycles. The minimum absolute atomic E-state index is 0.121. The quantitative estimate of drug-likeness (QED) is 0.599. The molecule has 0 aliphatic heterocycles. The van der Waals surface area contributed by atoms with E-state index < -0.39 is 34.4 Å². The van der Waals surface area contributed by atoms with E-state index in [2.05, 4.69) is 0 Å². The molecule has 0 spiro atoms. The first-order valence-electron chi connectivity index (χ1n) is 4.95. The number of carboxylic acid groups (broad SMARTS) is 2. The molecule has 0 saturated heterocycles. The Labute approximate surface area is 122 Å². The second kappa shape index (κ2) is 6.30. The Hall–Kier alpha value is -1.20. The molecule has 0 fully saturated rings. The van der Waals surface area contributed by atoms with Crippen LogP contribution in [0.5, 0.6) is 0 Å². The highest BCUT2D eigenvalue weighted by Gasteiger charge is 2.27. The van der Waals surface area contributed by atoms with E-state index in [-0.39, 0.29) is 4.90 Å². The van der Waals surface area contributed by atoms with E-state index in [0.717, 1.165) is 3.57 Å². The molecular weight excluding hydrogens is 389 g/mol. The first-order valence-corrected chi connectivity index (χ1v) is 7.51. The van der Waals surface area contributed by atoms with Gasteiger partial charge < -0.3 is 10.2 Å². The highest BCUT2D eigenvalue weighted by molar-refractivity contribution is 14.1. The standard InChI is InChI=1S/C10H10INO6S/c11-6-1-3-7(4-2-6)19(17,18)12-8(10(15)16)5-9(13)14/h1-4,8,12H,5H2,(H,13,14)(H,15,16)/t8-/m0/s1. The third-order valence-corrected chi connectivity index (χ3v) is 4.30. The van der Waals surface area contributed by atoms with Crippen LogP contribution < -0.4 is 4.72 Å². The lowest BCUT2D eigenvalue weighted by atomic mass is 10.2. The second-order valence-corrected chi connectivity index (χ2v) is 6.52. The van der Waals surface area contributed by atoms with Gasteiger partial charge in [-0.3, -0.25) is 9.59 Å². The Morgan fingerprint density at radius 1 is 1.21 bits per heavy atom. The van der Waals surface area contributed by atoms with Gasteiger partial charge in [-0.25, -0.2) is 8.42 Å². The fraction of sp³-hybridized carbons (Fsp3) is 0.200. The molecule has 0 heterocycles. The summed E-state index contributed by atoms with van der Waals surface area (Å²) in [7, 11) is -4.06. The van der Waals surface area contributed by atoms with Crippen LogP contribution in [0.2, 0.25) is 0 Å². The average Bonchev–Trinajstić information content (AvgIpc) is 2.27. The van der Waals surface area contributed by atoms with E-state index in [1.807, 2.05) is 27.3 Å². The number of hydrogen-bond donors (Lipinski definition) is 3. The van der Waals surface area contributed by atoms with Crippen molar-refractivity contribution in [2.45, 2.75) is 17.4 Å². The van der Waals surface area contributed by atoms with Crippen LogP contribution in [0.25, 0.3) is 0 Å². The van der Waals surface area contributed by atoms with Gasteiger partial charge in [0.15, 0.2) is 0 Å². The molecule has 0 aromatic heterocycles. The summed E-state index contributed by atoms with van der Waals surface area (Å²) in [6.07, 6.45) is -0.834. The molecule has 0 bridgehead atoms. The molecule has 9 heteroatoms. The number of aliphatic carboxylic acids is 2. The Bertz CT molecular complexity index is 583. The monoisotopic (exact) mass is 399 g/mol. The minimum Gasteiger partial charge on any atom is -0.481 e. The van der Waals surface area contributed by atoms with Crippen LogP contribution in [0.3, 0.4) is 0 Å². The summed E-state index contributed by atoms with van der Waals surface area (Å²) in [5, 5.41) is 17.3. The number of rotatable bonds is 6. The van der Waals surface area contributed by atoms with E-state index in [4.69, 9.17) is 10.2 Å². The molecule has 0 unspecified atom stereocenters. The molecule has 0 aliphatic rings. The predicted molar refractivity (Wildman–Crippen MR) is 73.2 cm³/mol. The van der Waals surface area contributed by atoms with E-state index in [1.165, 1.54) is 12.1 Å². The normalized spacial score (nSPS) is 12.9. The molecule has 3 N–H and O–H groups in total. The molecule has 0 amide bonds. The molecule has 19 heavy (non-hydrogen) atoms. The summed E-state index contributed by atoms with van der Waals surface area (Å²) in [5.74, 6) is -2.95. The third-order valence-electron chi connectivity index (χ3n) is 2.10. The number of sulfonamides is 1. The van der Waals surface area contributed by atoms with E-state index in [0.29, 0.717) is 0 Å². The number of halogens is 1. The molecular formula is C10H10INO6S. The van der Waals surface area contributed by atoms with E-state index >= 15 is 0 Å². The first kappa shape index (κ1) is 15.9. The zero-order chi connectivity index (χ0) is 14.6. The van der Waals surface area contributed by atoms with E-state index in [1.54, 1.807) is 12.1 Å². The second-order valence-electron chi connectivity index (χ2n) is 3.56. The zero-order valence-corrected chi connectivity index (χ0v) is 12.4. The predicted octanol–water partition coefficient (Wildman–Crippen LogP) is 0.497. The Morgan fingerprint density at radius 3 is 2.16 bits per heavy atom. The van der Waals surface area contributed by atoms with Gasteiger partial charge in [0.1, 0.15) is 6.04 Å². The lowest BCUT2D eigenvalue weighted by Crippen LogP contribution is -2.42. The summed E-state index contributed by atoms with van der Waals surface area (Å²) in [4.78, 5) is 21.2. The number of carbonyl (C=O) groups is 2. The highest BCUT2D eigenvalue weighted by Crippen LogP contribution is 2.13. The molecule has 0 radical (unpaired) electrons. The molecule has 1 aromatic rings. The molecule has 1 atom stereocenters. The number of carboxylic acids is 2. The fourth-order valence-electron chi connectivity index (χ4n) is 1.22. The van der Waals surface area contributed by atoms with Gasteiger partial charge in [-0.1, -0.05) is 0 Å². The lowest BCUT2D eigenvalue weighted by molar-refractivity contribution is -0.145. The van der Waals surface area contributed by atoms with Crippen molar-refractivity contribution in [2.24, 2.45) is 0 Å². The number of hydrogen-bond acceptors (Lipinski definition) is 4. The van der Waals surface area contributed by atoms with Crippen LogP contribution in [-0.2, 0) is 19.6 Å². The van der Waals surface area contributed by atoms with Gasteiger partial charge in [-0.05, 0) is 46.9 Å². The van der Waals surface area contributed by atoms with Crippen LogP contribution in [0.15, 0.2) is 29.2 Å². The molecule has 104 valence electrons. The van der Waals surface area contributed by atoms with Crippen LogP contribution in [0, 0.1) is 3.57 Å². The van der Waals surface area contributed by atoms with Crippen molar-refractivity contribution in [1.82, 2.24) is 4.72 Å². The van der Waals surface area contributed by atoms with Crippen molar-refractivity contribution in [2.75, 3.05) is 0 Å². The number of nitrogens with one attached hydrogen (secondary N) is 1. The van der Waals surface area contributed by atoms with E-state index in [9.17, 15) is 18.0 Å². The van der Waals surface area contributed by atoms with Crippen LogP contribution in [0.4, 0.5) is 0 Å². The topological polar surface area (TPSA) is 121 Å². The van der Waals surface area contributed by atoms with Gasteiger partial charge >= 0.3 is 11.9 Å². The summed E-state index contributed by atoms with van der Waals surface area (Å²) >= 11 is 1.99. The van der Waals surface area contributed by atoms with Gasteiger partial charge in [0.05, 0.1) is 11.3 Å². The Balaban J connectivity index is 2.97. The zero-order valence-electron chi connectivity index (χ0n) is 9.41. The molecule has 7 nitrogen and oxygen atoms in total. The maximum atomic E-state index is 11.9. The largest absolute Gasteiger partial charge is 0.481 e. The summed E-state index contributed by atoms with van der Waals surface area (Å²) in [6.45, 7) is 0. The van der Waals surface area contributed by atoms with Crippen molar-refractivity contribution < 1.29 is 28.2 Å².